The van der Waals surface area contributed by atoms with Crippen LogP contribution in [0.3, 0.4) is 0 Å². The van der Waals surface area contributed by atoms with Crippen molar-refractivity contribution in [1.29, 1.82) is 0 Å². The van der Waals surface area contributed by atoms with Crippen LogP contribution >= 0.6 is 0 Å². The Balaban J connectivity index is 1.53. The summed E-state index contributed by atoms with van der Waals surface area (Å²) in [5.74, 6) is 1.43. The zero-order valence-corrected chi connectivity index (χ0v) is 14.3. The molecule has 23 heavy (non-hydrogen) atoms. The van der Waals surface area contributed by atoms with Crippen molar-refractivity contribution in [2.45, 2.75) is 31.7 Å². The van der Waals surface area contributed by atoms with Crippen molar-refractivity contribution in [1.82, 2.24) is 15.4 Å². The lowest BCUT2D eigenvalue weighted by atomic mass is 10.1. The van der Waals surface area contributed by atoms with E-state index < -0.39 is 9.84 Å². The second kappa shape index (κ2) is 6.24. The van der Waals surface area contributed by atoms with Gasteiger partial charge in [-0.1, -0.05) is 12.1 Å². The molecule has 1 aromatic heterocycles. The molecule has 2 heterocycles. The van der Waals surface area contributed by atoms with Crippen molar-refractivity contribution in [3.8, 4) is 0 Å². The maximum atomic E-state index is 12.3. The number of hydrogen-bond donors (Lipinski definition) is 1. The second-order valence-corrected chi connectivity index (χ2v) is 9.10. The number of hydrogen-bond acceptors (Lipinski definition) is 6. The number of sulfone groups is 1. The van der Waals surface area contributed by atoms with Crippen LogP contribution in [0.25, 0.3) is 0 Å². The lowest BCUT2D eigenvalue weighted by Crippen LogP contribution is -2.40. The largest absolute Gasteiger partial charge is 0.360 e. The first-order valence-electron chi connectivity index (χ1n) is 7.99. The van der Waals surface area contributed by atoms with E-state index in [1.807, 2.05) is 0 Å². The minimum absolute atomic E-state index is 0.00290. The molecule has 0 spiro atoms. The number of carbonyl (C=O) groups excluding carboxylic acids is 1. The minimum atomic E-state index is -2.96. The summed E-state index contributed by atoms with van der Waals surface area (Å²) < 4.78 is 27.7. The van der Waals surface area contributed by atoms with Gasteiger partial charge in [0.1, 0.15) is 15.6 Å². The van der Waals surface area contributed by atoms with Gasteiger partial charge in [0, 0.05) is 43.9 Å². The minimum Gasteiger partial charge on any atom is -0.360 e. The molecule has 1 amide bonds. The molecule has 2 unspecified atom stereocenters. The molecule has 0 aromatic carbocycles. The SMILES string of the molecule is CC1CN(CCS(C)(=O)=O)CC1NC(=O)c1cc(C2CC2)on1. The van der Waals surface area contributed by atoms with Crippen molar-refractivity contribution in [2.75, 3.05) is 31.6 Å². The molecule has 1 aliphatic heterocycles. The van der Waals surface area contributed by atoms with Gasteiger partial charge >= 0.3 is 0 Å². The maximum Gasteiger partial charge on any atom is 0.273 e. The van der Waals surface area contributed by atoms with Gasteiger partial charge in [-0.05, 0) is 18.8 Å². The Morgan fingerprint density at radius 2 is 2.17 bits per heavy atom. The molecule has 0 radical (unpaired) electrons. The van der Waals surface area contributed by atoms with Crippen molar-refractivity contribution in [2.24, 2.45) is 5.92 Å². The fraction of sp³-hybridized carbons (Fsp3) is 0.733. The average Bonchev–Trinajstić information content (AvgIpc) is 3.08. The summed E-state index contributed by atoms with van der Waals surface area (Å²) in [5.41, 5.74) is 0.327. The van der Waals surface area contributed by atoms with E-state index in [2.05, 4.69) is 22.3 Å². The summed E-state index contributed by atoms with van der Waals surface area (Å²) >= 11 is 0. The van der Waals surface area contributed by atoms with Gasteiger partial charge in [-0.15, -0.1) is 0 Å². The molecular weight excluding hydrogens is 318 g/mol. The fourth-order valence-corrected chi connectivity index (χ4v) is 3.52. The van der Waals surface area contributed by atoms with Gasteiger partial charge in [0.05, 0.1) is 5.75 Å². The lowest BCUT2D eigenvalue weighted by molar-refractivity contribution is 0.0922. The van der Waals surface area contributed by atoms with Gasteiger partial charge in [0.25, 0.3) is 5.91 Å². The van der Waals surface area contributed by atoms with E-state index in [0.29, 0.717) is 24.7 Å². The summed E-state index contributed by atoms with van der Waals surface area (Å²) in [4.78, 5) is 14.4. The maximum absolute atomic E-state index is 12.3. The monoisotopic (exact) mass is 341 g/mol. The predicted molar refractivity (Wildman–Crippen MR) is 85.0 cm³/mol. The van der Waals surface area contributed by atoms with Crippen molar-refractivity contribution >= 4 is 15.7 Å². The van der Waals surface area contributed by atoms with E-state index in [9.17, 15) is 13.2 Å². The quantitative estimate of drug-likeness (QED) is 0.816. The van der Waals surface area contributed by atoms with E-state index in [1.54, 1.807) is 6.07 Å². The highest BCUT2D eigenvalue weighted by Gasteiger charge is 2.33. The third kappa shape index (κ3) is 4.32. The Hall–Kier alpha value is -1.41. The van der Waals surface area contributed by atoms with Crippen LogP contribution in [0.1, 0.15) is 41.9 Å². The molecule has 1 saturated heterocycles. The molecule has 8 heteroatoms. The highest BCUT2D eigenvalue weighted by molar-refractivity contribution is 7.90. The van der Waals surface area contributed by atoms with Crippen molar-refractivity contribution in [3.63, 3.8) is 0 Å². The van der Waals surface area contributed by atoms with Crippen molar-refractivity contribution in [3.05, 3.63) is 17.5 Å². The average molecular weight is 341 g/mol. The molecule has 1 N–H and O–H groups in total. The molecule has 2 aliphatic rings. The van der Waals surface area contributed by atoms with E-state index in [4.69, 9.17) is 4.52 Å². The summed E-state index contributed by atoms with van der Waals surface area (Å²) in [6.45, 7) is 4.01. The Morgan fingerprint density at radius 1 is 1.43 bits per heavy atom. The number of nitrogens with zero attached hydrogens (tertiary/aromatic N) is 2. The van der Waals surface area contributed by atoms with E-state index >= 15 is 0 Å². The third-order valence-corrected chi connectivity index (χ3v) is 5.45. The lowest BCUT2D eigenvalue weighted by Gasteiger charge is -2.16. The van der Waals surface area contributed by atoms with Crippen molar-refractivity contribution < 1.29 is 17.7 Å². The van der Waals surface area contributed by atoms with Gasteiger partial charge in [0.15, 0.2) is 5.69 Å². The van der Waals surface area contributed by atoms with Gasteiger partial charge < -0.3 is 9.84 Å². The predicted octanol–water partition coefficient (Wildman–Crippen LogP) is 0.647. The number of rotatable bonds is 6. The molecule has 1 aliphatic carbocycles. The Bertz CT molecular complexity index is 681. The summed E-state index contributed by atoms with van der Waals surface area (Å²) in [7, 11) is -2.96. The van der Waals surface area contributed by atoms with E-state index in [1.165, 1.54) is 6.26 Å². The van der Waals surface area contributed by atoms with Crippen LogP contribution in [0.5, 0.6) is 0 Å². The molecule has 1 saturated carbocycles. The molecule has 3 rings (SSSR count). The number of carbonyl (C=O) groups is 1. The molecule has 2 fully saturated rings. The van der Waals surface area contributed by atoms with Crippen LogP contribution < -0.4 is 5.32 Å². The number of likely N-dealkylation sites (tertiary alicyclic amines) is 1. The zero-order chi connectivity index (χ0) is 16.6. The van der Waals surface area contributed by atoms with Crippen LogP contribution in [0.4, 0.5) is 0 Å². The normalized spacial score (nSPS) is 25.7. The molecule has 0 bridgehead atoms. The molecule has 128 valence electrons. The van der Waals surface area contributed by atoms with E-state index in [0.717, 1.165) is 25.1 Å². The Labute approximate surface area is 136 Å². The standard InChI is InChI=1S/C15H23N3O4S/c1-10-8-18(5-6-23(2,20)21)9-13(10)16-15(19)12-7-14(22-17-12)11-3-4-11/h7,10-11,13H,3-6,8-9H2,1-2H3,(H,16,19). The van der Waals surface area contributed by atoms with E-state index in [-0.39, 0.29) is 23.6 Å². The number of aromatic nitrogens is 1. The zero-order valence-electron chi connectivity index (χ0n) is 13.5. The van der Waals surface area contributed by atoms with Crippen LogP contribution in [0.2, 0.25) is 0 Å². The first kappa shape index (κ1) is 16.4. The highest BCUT2D eigenvalue weighted by atomic mass is 32.2. The number of amides is 1. The highest BCUT2D eigenvalue weighted by Crippen LogP contribution is 2.40. The first-order chi connectivity index (χ1) is 10.8. The van der Waals surface area contributed by atoms with Crippen LogP contribution in [-0.4, -0.2) is 62.1 Å². The summed E-state index contributed by atoms with van der Waals surface area (Å²) in [6, 6.07) is 1.73. The number of nitrogens with one attached hydrogen (secondary N) is 1. The van der Waals surface area contributed by atoms with Gasteiger partial charge in [-0.2, -0.15) is 0 Å². The van der Waals surface area contributed by atoms with Crippen LogP contribution in [-0.2, 0) is 9.84 Å². The van der Waals surface area contributed by atoms with Crippen LogP contribution in [0, 0.1) is 5.92 Å². The summed E-state index contributed by atoms with van der Waals surface area (Å²) in [6.07, 6.45) is 3.45. The smallest absolute Gasteiger partial charge is 0.273 e. The van der Waals surface area contributed by atoms with Gasteiger partial charge in [-0.3, -0.25) is 9.69 Å². The topological polar surface area (TPSA) is 92.5 Å². The second-order valence-electron chi connectivity index (χ2n) is 6.84. The first-order valence-corrected chi connectivity index (χ1v) is 10.1. The molecule has 2 atom stereocenters. The summed E-state index contributed by atoms with van der Waals surface area (Å²) in [5, 5.41) is 6.84. The van der Waals surface area contributed by atoms with Gasteiger partial charge in [0.2, 0.25) is 0 Å². The Kier molecular flexibility index (Phi) is 4.46. The molecule has 7 nitrogen and oxygen atoms in total. The van der Waals surface area contributed by atoms with Crippen LogP contribution in [0.15, 0.2) is 10.6 Å². The fourth-order valence-electron chi connectivity index (χ4n) is 2.93. The Morgan fingerprint density at radius 3 is 2.83 bits per heavy atom. The van der Waals surface area contributed by atoms with Gasteiger partial charge in [-0.25, -0.2) is 8.42 Å². The molecule has 1 aromatic rings. The molecular formula is C15H23N3O4S. The third-order valence-electron chi connectivity index (χ3n) is 4.52.